The van der Waals surface area contributed by atoms with Crippen LogP contribution in [0.5, 0.6) is 0 Å². The van der Waals surface area contributed by atoms with Gasteiger partial charge in [-0.3, -0.25) is 4.79 Å². The Morgan fingerprint density at radius 3 is 2.71 bits per heavy atom. The maximum absolute atomic E-state index is 12.3. The lowest BCUT2D eigenvalue weighted by Crippen LogP contribution is -2.13. The molecule has 0 aliphatic heterocycles. The highest BCUT2D eigenvalue weighted by Crippen LogP contribution is 2.41. The molecule has 1 aromatic heterocycles. The van der Waals surface area contributed by atoms with E-state index in [9.17, 15) is 9.59 Å². The number of hydrogen-bond acceptors (Lipinski definition) is 4. The second-order valence-corrected chi connectivity index (χ2v) is 7.05. The fourth-order valence-electron chi connectivity index (χ4n) is 2.45. The van der Waals surface area contributed by atoms with Crippen molar-refractivity contribution >= 4 is 39.8 Å². The lowest BCUT2D eigenvalue weighted by molar-refractivity contribution is -0.116. The number of thiophene rings is 1. The predicted molar refractivity (Wildman–Crippen MR) is 99.0 cm³/mol. The summed E-state index contributed by atoms with van der Waals surface area (Å²) in [5.74, 6) is -0.569. The van der Waals surface area contributed by atoms with Crippen LogP contribution in [0.25, 0.3) is 11.1 Å². The van der Waals surface area contributed by atoms with Gasteiger partial charge in [0.15, 0.2) is 0 Å². The molecular formula is C18H20ClNO3S. The van der Waals surface area contributed by atoms with Gasteiger partial charge in [-0.05, 0) is 31.0 Å². The molecule has 0 atom stereocenters. The van der Waals surface area contributed by atoms with Crippen LogP contribution in [0, 0.1) is 6.92 Å². The Morgan fingerprint density at radius 1 is 1.33 bits per heavy atom. The normalized spacial score (nSPS) is 10.5. The second-order valence-electron chi connectivity index (χ2n) is 5.39. The van der Waals surface area contributed by atoms with E-state index in [2.05, 4.69) is 5.32 Å². The molecule has 0 saturated heterocycles. The number of unbranched alkanes of at least 4 members (excludes halogenated alkanes) is 1. The minimum Gasteiger partial charge on any atom is -0.465 e. The summed E-state index contributed by atoms with van der Waals surface area (Å²) in [6.07, 6.45) is 2.18. The Balaban J connectivity index is 2.48. The van der Waals surface area contributed by atoms with Crippen molar-refractivity contribution in [1.82, 2.24) is 0 Å². The number of amides is 1. The fraction of sp³-hybridized carbons (Fsp3) is 0.333. The summed E-state index contributed by atoms with van der Waals surface area (Å²) in [6, 6.07) is 7.29. The van der Waals surface area contributed by atoms with E-state index in [1.54, 1.807) is 12.1 Å². The molecule has 2 aromatic rings. The van der Waals surface area contributed by atoms with E-state index >= 15 is 0 Å². The molecule has 0 unspecified atom stereocenters. The summed E-state index contributed by atoms with van der Waals surface area (Å²) in [4.78, 5) is 25.3. The van der Waals surface area contributed by atoms with E-state index in [4.69, 9.17) is 16.3 Å². The quantitative estimate of drug-likeness (QED) is 0.707. The van der Waals surface area contributed by atoms with Crippen LogP contribution < -0.4 is 5.32 Å². The molecule has 0 aliphatic rings. The van der Waals surface area contributed by atoms with Gasteiger partial charge in [-0.2, -0.15) is 0 Å². The first kappa shape index (κ1) is 18.5. The van der Waals surface area contributed by atoms with Crippen LogP contribution in [-0.4, -0.2) is 19.0 Å². The SMILES string of the molecule is CCCCC(=O)Nc1sc(C)c(-c2cccc(Cl)c2)c1C(=O)OC. The van der Waals surface area contributed by atoms with Gasteiger partial charge in [-0.15, -0.1) is 11.3 Å². The predicted octanol–water partition coefficient (Wildman–Crippen LogP) is 5.29. The summed E-state index contributed by atoms with van der Waals surface area (Å²) in [7, 11) is 1.33. The van der Waals surface area contributed by atoms with Crippen molar-refractivity contribution in [1.29, 1.82) is 0 Å². The minimum absolute atomic E-state index is 0.0964. The molecule has 1 aromatic carbocycles. The molecule has 0 aliphatic carbocycles. The smallest absolute Gasteiger partial charge is 0.341 e. The molecule has 1 heterocycles. The highest BCUT2D eigenvalue weighted by atomic mass is 35.5. The molecule has 0 fully saturated rings. The molecule has 0 bridgehead atoms. The highest BCUT2D eigenvalue weighted by molar-refractivity contribution is 7.17. The monoisotopic (exact) mass is 365 g/mol. The third-order valence-corrected chi connectivity index (χ3v) is 4.85. The van der Waals surface area contributed by atoms with Gasteiger partial charge >= 0.3 is 5.97 Å². The maximum Gasteiger partial charge on any atom is 0.341 e. The summed E-state index contributed by atoms with van der Waals surface area (Å²) in [6.45, 7) is 3.94. The van der Waals surface area contributed by atoms with E-state index in [1.165, 1.54) is 18.4 Å². The Hall–Kier alpha value is -1.85. The Morgan fingerprint density at radius 2 is 2.08 bits per heavy atom. The van der Waals surface area contributed by atoms with Crippen LogP contribution in [-0.2, 0) is 9.53 Å². The molecule has 128 valence electrons. The number of rotatable bonds is 6. The zero-order valence-electron chi connectivity index (χ0n) is 13.9. The van der Waals surface area contributed by atoms with Crippen molar-refractivity contribution in [2.45, 2.75) is 33.1 Å². The number of aryl methyl sites for hydroxylation is 1. The van der Waals surface area contributed by atoms with Crippen LogP contribution >= 0.6 is 22.9 Å². The summed E-state index contributed by atoms with van der Waals surface area (Å²) in [5.41, 5.74) is 1.96. The van der Waals surface area contributed by atoms with Crippen molar-refractivity contribution in [2.75, 3.05) is 12.4 Å². The van der Waals surface area contributed by atoms with E-state index in [1.807, 2.05) is 26.0 Å². The van der Waals surface area contributed by atoms with E-state index < -0.39 is 5.97 Å². The van der Waals surface area contributed by atoms with Gasteiger partial charge in [-0.25, -0.2) is 4.79 Å². The lowest BCUT2D eigenvalue weighted by Gasteiger charge is -2.08. The summed E-state index contributed by atoms with van der Waals surface area (Å²) in [5, 5.41) is 3.96. The number of benzene rings is 1. The Bertz CT molecular complexity index is 755. The molecule has 1 N–H and O–H groups in total. The number of esters is 1. The zero-order chi connectivity index (χ0) is 17.7. The largest absolute Gasteiger partial charge is 0.465 e. The van der Waals surface area contributed by atoms with E-state index in [0.29, 0.717) is 22.0 Å². The standard InChI is InChI=1S/C18H20ClNO3S/c1-4-5-9-14(21)20-17-16(18(22)23-3)15(11(2)24-17)12-7-6-8-13(19)10-12/h6-8,10H,4-5,9H2,1-3H3,(H,20,21). The van der Waals surface area contributed by atoms with Crippen molar-refractivity contribution in [3.8, 4) is 11.1 Å². The molecule has 24 heavy (non-hydrogen) atoms. The van der Waals surface area contributed by atoms with Crippen molar-refractivity contribution in [3.63, 3.8) is 0 Å². The Labute approximate surface area is 150 Å². The molecule has 1 amide bonds. The average Bonchev–Trinajstić information content (AvgIpc) is 2.88. The number of hydrogen-bond donors (Lipinski definition) is 1. The van der Waals surface area contributed by atoms with Gasteiger partial charge in [0, 0.05) is 21.9 Å². The van der Waals surface area contributed by atoms with Crippen LogP contribution in [0.4, 0.5) is 5.00 Å². The summed E-state index contributed by atoms with van der Waals surface area (Å²) < 4.78 is 4.93. The molecule has 0 radical (unpaired) electrons. The third-order valence-electron chi connectivity index (χ3n) is 3.60. The van der Waals surface area contributed by atoms with Crippen molar-refractivity contribution < 1.29 is 14.3 Å². The molecule has 0 spiro atoms. The third kappa shape index (κ3) is 4.16. The number of carbonyl (C=O) groups is 2. The van der Waals surface area contributed by atoms with Gasteiger partial charge in [0.1, 0.15) is 10.6 Å². The van der Waals surface area contributed by atoms with Gasteiger partial charge in [0.2, 0.25) is 5.91 Å². The van der Waals surface area contributed by atoms with Gasteiger partial charge in [0.05, 0.1) is 7.11 Å². The first-order valence-corrected chi connectivity index (χ1v) is 8.94. The molecular weight excluding hydrogens is 346 g/mol. The Kier molecular flexibility index (Phi) is 6.40. The van der Waals surface area contributed by atoms with Crippen LogP contribution in [0.3, 0.4) is 0 Å². The molecule has 0 saturated carbocycles. The molecule has 6 heteroatoms. The number of halogens is 1. The van der Waals surface area contributed by atoms with Gasteiger partial charge in [-0.1, -0.05) is 37.1 Å². The lowest BCUT2D eigenvalue weighted by atomic mass is 10.0. The van der Waals surface area contributed by atoms with Crippen LogP contribution in [0.2, 0.25) is 5.02 Å². The number of nitrogens with one attached hydrogen (secondary N) is 1. The molecule has 4 nitrogen and oxygen atoms in total. The summed E-state index contributed by atoms with van der Waals surface area (Å²) >= 11 is 7.45. The van der Waals surface area contributed by atoms with E-state index in [-0.39, 0.29) is 5.91 Å². The average molecular weight is 366 g/mol. The first-order valence-electron chi connectivity index (χ1n) is 7.75. The molecule has 2 rings (SSSR count). The fourth-order valence-corrected chi connectivity index (χ4v) is 3.72. The number of anilines is 1. The van der Waals surface area contributed by atoms with E-state index in [0.717, 1.165) is 28.8 Å². The van der Waals surface area contributed by atoms with Gasteiger partial charge < -0.3 is 10.1 Å². The number of carbonyl (C=O) groups excluding carboxylic acids is 2. The van der Waals surface area contributed by atoms with Crippen molar-refractivity contribution in [3.05, 3.63) is 39.7 Å². The first-order chi connectivity index (χ1) is 11.5. The minimum atomic E-state index is -0.472. The number of ether oxygens (including phenoxy) is 1. The number of methoxy groups -OCH3 is 1. The van der Waals surface area contributed by atoms with Crippen molar-refractivity contribution in [2.24, 2.45) is 0 Å². The highest BCUT2D eigenvalue weighted by Gasteiger charge is 2.25. The van der Waals surface area contributed by atoms with Crippen LogP contribution in [0.15, 0.2) is 24.3 Å². The van der Waals surface area contributed by atoms with Gasteiger partial charge in [0.25, 0.3) is 0 Å². The zero-order valence-corrected chi connectivity index (χ0v) is 15.5. The topological polar surface area (TPSA) is 55.4 Å². The maximum atomic E-state index is 12.3. The second kappa shape index (κ2) is 8.31. The van der Waals surface area contributed by atoms with Crippen LogP contribution in [0.1, 0.15) is 41.4 Å².